The lowest BCUT2D eigenvalue weighted by Gasteiger charge is -2.24. The number of hydrogen-bond donors (Lipinski definition) is 1. The van der Waals surface area contributed by atoms with Gasteiger partial charge in [0.15, 0.2) is 0 Å². The van der Waals surface area contributed by atoms with Gasteiger partial charge in [-0.2, -0.15) is 11.8 Å². The van der Waals surface area contributed by atoms with E-state index in [9.17, 15) is 0 Å². The maximum atomic E-state index is 3.40. The molecule has 0 aromatic heterocycles. The van der Waals surface area contributed by atoms with E-state index in [4.69, 9.17) is 0 Å². The Bertz CT molecular complexity index is 392. The van der Waals surface area contributed by atoms with Crippen molar-refractivity contribution in [2.24, 2.45) is 0 Å². The van der Waals surface area contributed by atoms with Crippen LogP contribution in [-0.4, -0.2) is 30.0 Å². The molecule has 1 aliphatic rings. The topological polar surface area (TPSA) is 15.3 Å². The van der Waals surface area contributed by atoms with E-state index < -0.39 is 0 Å². The highest BCUT2D eigenvalue weighted by Gasteiger charge is 2.13. The number of nitrogens with one attached hydrogen (secondary N) is 1. The molecule has 3 heteroatoms. The Morgan fingerprint density at radius 2 is 2.11 bits per heavy atom. The molecule has 2 rings (SSSR count). The first-order chi connectivity index (χ1) is 8.70. The molecule has 1 unspecified atom stereocenters. The van der Waals surface area contributed by atoms with E-state index in [-0.39, 0.29) is 0 Å². The zero-order valence-electron chi connectivity index (χ0n) is 11.7. The number of rotatable bonds is 6. The highest BCUT2D eigenvalue weighted by Crippen LogP contribution is 2.18. The van der Waals surface area contributed by atoms with E-state index in [2.05, 4.69) is 48.6 Å². The highest BCUT2D eigenvalue weighted by molar-refractivity contribution is 7.98. The molecule has 0 amide bonds. The summed E-state index contributed by atoms with van der Waals surface area (Å²) in [5, 5.41) is 3.40. The summed E-state index contributed by atoms with van der Waals surface area (Å²) in [6.45, 7) is 5.46. The van der Waals surface area contributed by atoms with Crippen LogP contribution in [0.15, 0.2) is 18.2 Å². The third-order valence-electron chi connectivity index (χ3n) is 3.83. The van der Waals surface area contributed by atoms with Crippen molar-refractivity contribution < 1.29 is 0 Å². The third kappa shape index (κ3) is 3.50. The van der Waals surface area contributed by atoms with E-state index in [1.165, 1.54) is 28.9 Å². The van der Waals surface area contributed by atoms with Crippen LogP contribution >= 0.6 is 11.8 Å². The average molecular weight is 264 g/mol. The fourth-order valence-electron chi connectivity index (χ4n) is 2.40. The van der Waals surface area contributed by atoms with Gasteiger partial charge in [-0.15, -0.1) is 0 Å². The van der Waals surface area contributed by atoms with Crippen molar-refractivity contribution in [1.29, 1.82) is 0 Å². The quantitative estimate of drug-likeness (QED) is 0.850. The first kappa shape index (κ1) is 13.9. The van der Waals surface area contributed by atoms with Crippen molar-refractivity contribution >= 4 is 11.8 Å². The summed E-state index contributed by atoms with van der Waals surface area (Å²) in [5.41, 5.74) is 4.39. The molecule has 18 heavy (non-hydrogen) atoms. The number of thioether (sulfide) groups is 1. The van der Waals surface area contributed by atoms with Crippen LogP contribution in [-0.2, 0) is 19.6 Å². The number of hydrogen-bond acceptors (Lipinski definition) is 3. The van der Waals surface area contributed by atoms with Gasteiger partial charge in [0.1, 0.15) is 0 Å². The van der Waals surface area contributed by atoms with Crippen LogP contribution in [0.4, 0.5) is 0 Å². The average Bonchev–Trinajstić information content (AvgIpc) is 2.83. The van der Waals surface area contributed by atoms with E-state index in [0.717, 1.165) is 19.6 Å². The van der Waals surface area contributed by atoms with Crippen LogP contribution in [0, 0.1) is 0 Å². The second-order valence-corrected chi connectivity index (χ2v) is 6.24. The predicted molar refractivity (Wildman–Crippen MR) is 80.9 cm³/mol. The van der Waals surface area contributed by atoms with E-state index in [0.29, 0.717) is 6.04 Å². The van der Waals surface area contributed by atoms with E-state index in [1.54, 1.807) is 0 Å². The SMILES string of the molecule is CSCCC(C)N(C)Cc1ccc2c(c1)CNC2. The van der Waals surface area contributed by atoms with Crippen molar-refractivity contribution in [3.63, 3.8) is 0 Å². The van der Waals surface area contributed by atoms with Crippen molar-refractivity contribution in [3.8, 4) is 0 Å². The van der Waals surface area contributed by atoms with Gasteiger partial charge in [0.05, 0.1) is 0 Å². The van der Waals surface area contributed by atoms with Crippen LogP contribution in [0.5, 0.6) is 0 Å². The molecule has 0 spiro atoms. The lowest BCUT2D eigenvalue weighted by Crippen LogP contribution is -2.29. The lowest BCUT2D eigenvalue weighted by atomic mass is 10.1. The molecule has 0 fully saturated rings. The molecule has 0 saturated heterocycles. The molecule has 1 atom stereocenters. The Kier molecular flexibility index (Phi) is 5.10. The van der Waals surface area contributed by atoms with Crippen LogP contribution in [0.2, 0.25) is 0 Å². The maximum Gasteiger partial charge on any atom is 0.0233 e. The number of benzene rings is 1. The molecular weight excluding hydrogens is 240 g/mol. The first-order valence-electron chi connectivity index (χ1n) is 6.71. The zero-order valence-corrected chi connectivity index (χ0v) is 12.5. The third-order valence-corrected chi connectivity index (χ3v) is 4.47. The van der Waals surface area contributed by atoms with Crippen molar-refractivity contribution in [2.75, 3.05) is 19.1 Å². The molecule has 1 heterocycles. The van der Waals surface area contributed by atoms with Crippen LogP contribution < -0.4 is 5.32 Å². The fraction of sp³-hybridized carbons (Fsp3) is 0.600. The maximum absolute atomic E-state index is 3.40. The van der Waals surface area contributed by atoms with Gasteiger partial charge in [-0.1, -0.05) is 18.2 Å². The molecule has 1 N–H and O–H groups in total. The summed E-state index contributed by atoms with van der Waals surface area (Å²) in [7, 11) is 2.23. The van der Waals surface area contributed by atoms with Crippen molar-refractivity contribution in [3.05, 3.63) is 34.9 Å². The van der Waals surface area contributed by atoms with Gasteiger partial charge in [-0.3, -0.25) is 4.90 Å². The molecule has 100 valence electrons. The minimum Gasteiger partial charge on any atom is -0.309 e. The smallest absolute Gasteiger partial charge is 0.0233 e. The van der Waals surface area contributed by atoms with Crippen LogP contribution in [0.3, 0.4) is 0 Å². The normalized spacial score (nSPS) is 16.0. The van der Waals surface area contributed by atoms with Gasteiger partial charge in [0, 0.05) is 25.7 Å². The number of nitrogens with zero attached hydrogens (tertiary/aromatic N) is 1. The first-order valence-corrected chi connectivity index (χ1v) is 8.10. The Morgan fingerprint density at radius 1 is 1.33 bits per heavy atom. The Hall–Kier alpha value is -0.510. The van der Waals surface area contributed by atoms with E-state index in [1.807, 2.05) is 11.8 Å². The highest BCUT2D eigenvalue weighted by atomic mass is 32.2. The van der Waals surface area contributed by atoms with Crippen LogP contribution in [0.25, 0.3) is 0 Å². The minimum atomic E-state index is 0.656. The molecular formula is C15H24N2S. The molecule has 0 aliphatic carbocycles. The summed E-state index contributed by atoms with van der Waals surface area (Å²) < 4.78 is 0. The summed E-state index contributed by atoms with van der Waals surface area (Å²) in [6.07, 6.45) is 3.45. The Balaban J connectivity index is 1.92. The van der Waals surface area contributed by atoms with Crippen LogP contribution in [0.1, 0.15) is 30.0 Å². The molecule has 0 radical (unpaired) electrons. The monoisotopic (exact) mass is 264 g/mol. The van der Waals surface area contributed by atoms with Gasteiger partial charge < -0.3 is 5.32 Å². The van der Waals surface area contributed by atoms with Crippen molar-refractivity contribution in [1.82, 2.24) is 10.2 Å². The molecule has 1 aromatic rings. The Labute approximate surface area is 115 Å². The second kappa shape index (κ2) is 6.60. The summed E-state index contributed by atoms with van der Waals surface area (Å²) in [4.78, 5) is 2.46. The summed E-state index contributed by atoms with van der Waals surface area (Å²) in [5.74, 6) is 1.25. The predicted octanol–water partition coefficient (Wildman–Crippen LogP) is 2.86. The molecule has 1 aromatic carbocycles. The second-order valence-electron chi connectivity index (χ2n) is 5.25. The molecule has 1 aliphatic heterocycles. The molecule has 0 saturated carbocycles. The fourth-order valence-corrected chi connectivity index (χ4v) is 2.98. The minimum absolute atomic E-state index is 0.656. The summed E-state index contributed by atoms with van der Waals surface area (Å²) >= 11 is 1.94. The van der Waals surface area contributed by atoms with Gasteiger partial charge in [-0.25, -0.2) is 0 Å². The number of fused-ring (bicyclic) bond motifs is 1. The van der Waals surface area contributed by atoms with Gasteiger partial charge in [0.25, 0.3) is 0 Å². The molecule has 2 nitrogen and oxygen atoms in total. The van der Waals surface area contributed by atoms with Gasteiger partial charge in [0.2, 0.25) is 0 Å². The zero-order chi connectivity index (χ0) is 13.0. The summed E-state index contributed by atoms with van der Waals surface area (Å²) in [6, 6.07) is 7.59. The standard InChI is InChI=1S/C15H24N2S/c1-12(6-7-18-3)17(2)11-13-4-5-14-9-16-10-15(14)8-13/h4-5,8,12,16H,6-7,9-11H2,1-3H3. The van der Waals surface area contributed by atoms with Gasteiger partial charge in [-0.05, 0) is 49.1 Å². The Morgan fingerprint density at radius 3 is 2.89 bits per heavy atom. The van der Waals surface area contributed by atoms with Gasteiger partial charge >= 0.3 is 0 Å². The van der Waals surface area contributed by atoms with Crippen molar-refractivity contribution in [2.45, 2.75) is 39.0 Å². The lowest BCUT2D eigenvalue weighted by molar-refractivity contribution is 0.245. The van der Waals surface area contributed by atoms with E-state index >= 15 is 0 Å². The molecule has 0 bridgehead atoms. The largest absolute Gasteiger partial charge is 0.309 e.